The summed E-state index contributed by atoms with van der Waals surface area (Å²) in [6, 6.07) is 8.59. The van der Waals surface area contributed by atoms with Crippen molar-refractivity contribution < 1.29 is 5.11 Å². The standard InChI is InChI=1S/C15H24O/c1-4-13-6-8-14(9-7-13)11-15(16)10-5-12(2)3/h6-9,12,15-16H,4-5,10-11H2,1-3H3. The lowest BCUT2D eigenvalue weighted by atomic mass is 9.99. The van der Waals surface area contributed by atoms with Crippen LogP contribution in [0, 0.1) is 5.92 Å². The van der Waals surface area contributed by atoms with Crippen LogP contribution in [0.1, 0.15) is 44.7 Å². The highest BCUT2D eigenvalue weighted by Crippen LogP contribution is 2.12. The van der Waals surface area contributed by atoms with E-state index in [4.69, 9.17) is 0 Å². The first-order valence-electron chi connectivity index (χ1n) is 6.37. The van der Waals surface area contributed by atoms with Crippen molar-refractivity contribution in [1.29, 1.82) is 0 Å². The van der Waals surface area contributed by atoms with Gasteiger partial charge in [0.05, 0.1) is 6.10 Å². The number of aliphatic hydroxyl groups is 1. The summed E-state index contributed by atoms with van der Waals surface area (Å²) >= 11 is 0. The summed E-state index contributed by atoms with van der Waals surface area (Å²) < 4.78 is 0. The molecule has 0 aliphatic heterocycles. The molecule has 0 amide bonds. The number of hydrogen-bond acceptors (Lipinski definition) is 1. The van der Waals surface area contributed by atoms with E-state index in [9.17, 15) is 5.11 Å². The molecule has 90 valence electrons. The monoisotopic (exact) mass is 220 g/mol. The van der Waals surface area contributed by atoms with E-state index in [0.29, 0.717) is 5.92 Å². The average Bonchev–Trinajstić information content (AvgIpc) is 2.27. The molecule has 0 spiro atoms. The molecule has 1 aromatic rings. The summed E-state index contributed by atoms with van der Waals surface area (Å²) in [5.74, 6) is 0.678. The summed E-state index contributed by atoms with van der Waals surface area (Å²) in [7, 11) is 0. The van der Waals surface area contributed by atoms with E-state index in [1.165, 1.54) is 11.1 Å². The van der Waals surface area contributed by atoms with Gasteiger partial charge in [0, 0.05) is 0 Å². The van der Waals surface area contributed by atoms with E-state index >= 15 is 0 Å². The van der Waals surface area contributed by atoms with E-state index in [2.05, 4.69) is 45.0 Å². The van der Waals surface area contributed by atoms with Crippen molar-refractivity contribution in [2.75, 3.05) is 0 Å². The van der Waals surface area contributed by atoms with Crippen LogP contribution in [0.4, 0.5) is 0 Å². The molecule has 0 aliphatic rings. The second kappa shape index (κ2) is 6.70. The quantitative estimate of drug-likeness (QED) is 0.776. The fourth-order valence-electron chi connectivity index (χ4n) is 1.81. The lowest BCUT2D eigenvalue weighted by Gasteiger charge is -2.12. The third-order valence-corrected chi connectivity index (χ3v) is 2.98. The maximum Gasteiger partial charge on any atom is 0.0580 e. The molecular formula is C15H24O. The highest BCUT2D eigenvalue weighted by Gasteiger charge is 2.06. The summed E-state index contributed by atoms with van der Waals surface area (Å²) in [6.07, 6.45) is 3.70. The van der Waals surface area contributed by atoms with Gasteiger partial charge < -0.3 is 5.11 Å². The second-order valence-electron chi connectivity index (χ2n) is 5.00. The van der Waals surface area contributed by atoms with E-state index in [1.807, 2.05) is 0 Å². The van der Waals surface area contributed by atoms with Crippen LogP contribution in [0.15, 0.2) is 24.3 Å². The Morgan fingerprint density at radius 2 is 1.56 bits per heavy atom. The van der Waals surface area contributed by atoms with Crippen molar-refractivity contribution >= 4 is 0 Å². The number of aryl methyl sites for hydroxylation is 1. The molecule has 16 heavy (non-hydrogen) atoms. The fraction of sp³-hybridized carbons (Fsp3) is 0.600. The number of hydrogen-bond donors (Lipinski definition) is 1. The average molecular weight is 220 g/mol. The molecule has 0 bridgehead atoms. The van der Waals surface area contributed by atoms with Crippen molar-refractivity contribution in [3.05, 3.63) is 35.4 Å². The molecule has 1 aromatic carbocycles. The lowest BCUT2D eigenvalue weighted by molar-refractivity contribution is 0.157. The van der Waals surface area contributed by atoms with Crippen molar-refractivity contribution in [1.82, 2.24) is 0 Å². The van der Waals surface area contributed by atoms with Gasteiger partial charge in [0.25, 0.3) is 0 Å². The van der Waals surface area contributed by atoms with Gasteiger partial charge in [0.15, 0.2) is 0 Å². The molecule has 0 saturated carbocycles. The Hall–Kier alpha value is -0.820. The third-order valence-electron chi connectivity index (χ3n) is 2.98. The zero-order valence-corrected chi connectivity index (χ0v) is 10.7. The Kier molecular flexibility index (Phi) is 5.54. The predicted molar refractivity (Wildman–Crippen MR) is 69.6 cm³/mol. The van der Waals surface area contributed by atoms with Gasteiger partial charge in [-0.05, 0) is 42.7 Å². The van der Waals surface area contributed by atoms with E-state index in [0.717, 1.165) is 25.7 Å². The molecule has 0 fully saturated rings. The Morgan fingerprint density at radius 3 is 2.06 bits per heavy atom. The predicted octanol–water partition coefficient (Wildman–Crippen LogP) is 3.59. The zero-order chi connectivity index (χ0) is 12.0. The van der Waals surface area contributed by atoms with E-state index in [1.54, 1.807) is 0 Å². The van der Waals surface area contributed by atoms with Gasteiger partial charge in [0.2, 0.25) is 0 Å². The zero-order valence-electron chi connectivity index (χ0n) is 10.7. The third kappa shape index (κ3) is 4.80. The highest BCUT2D eigenvalue weighted by atomic mass is 16.3. The minimum atomic E-state index is -0.185. The molecule has 1 nitrogen and oxygen atoms in total. The van der Waals surface area contributed by atoms with Gasteiger partial charge in [-0.2, -0.15) is 0 Å². The minimum Gasteiger partial charge on any atom is -0.393 e. The molecule has 0 aliphatic carbocycles. The SMILES string of the molecule is CCc1ccc(CC(O)CCC(C)C)cc1. The largest absolute Gasteiger partial charge is 0.393 e. The topological polar surface area (TPSA) is 20.2 Å². The molecule has 0 radical (unpaired) electrons. The highest BCUT2D eigenvalue weighted by molar-refractivity contribution is 5.22. The van der Waals surface area contributed by atoms with E-state index < -0.39 is 0 Å². The first kappa shape index (κ1) is 13.2. The number of aliphatic hydroxyl groups excluding tert-OH is 1. The van der Waals surface area contributed by atoms with Crippen LogP contribution in [0.3, 0.4) is 0 Å². The smallest absolute Gasteiger partial charge is 0.0580 e. The molecule has 1 heteroatoms. The Morgan fingerprint density at radius 1 is 1.00 bits per heavy atom. The maximum absolute atomic E-state index is 9.88. The van der Waals surface area contributed by atoms with Crippen molar-refractivity contribution in [2.45, 2.75) is 52.6 Å². The van der Waals surface area contributed by atoms with Crippen LogP contribution in [0.25, 0.3) is 0 Å². The van der Waals surface area contributed by atoms with Gasteiger partial charge in [-0.3, -0.25) is 0 Å². The van der Waals surface area contributed by atoms with Crippen LogP contribution in [-0.4, -0.2) is 11.2 Å². The summed E-state index contributed by atoms with van der Waals surface area (Å²) in [6.45, 7) is 6.55. The van der Waals surface area contributed by atoms with Crippen LogP contribution < -0.4 is 0 Å². The number of rotatable bonds is 6. The Balaban J connectivity index is 2.40. The molecular weight excluding hydrogens is 196 g/mol. The molecule has 0 aromatic heterocycles. The molecule has 1 rings (SSSR count). The van der Waals surface area contributed by atoms with Gasteiger partial charge in [-0.25, -0.2) is 0 Å². The minimum absolute atomic E-state index is 0.185. The Labute approximate surface area is 99.5 Å². The van der Waals surface area contributed by atoms with E-state index in [-0.39, 0.29) is 6.10 Å². The molecule has 0 saturated heterocycles. The summed E-state index contributed by atoms with van der Waals surface area (Å²) in [5.41, 5.74) is 2.61. The van der Waals surface area contributed by atoms with Crippen molar-refractivity contribution in [3.63, 3.8) is 0 Å². The lowest BCUT2D eigenvalue weighted by Crippen LogP contribution is -2.11. The number of benzene rings is 1. The molecule has 1 unspecified atom stereocenters. The maximum atomic E-state index is 9.88. The van der Waals surface area contributed by atoms with Gasteiger partial charge >= 0.3 is 0 Å². The molecule has 1 N–H and O–H groups in total. The first-order valence-corrected chi connectivity index (χ1v) is 6.37. The normalized spacial score (nSPS) is 13.1. The van der Waals surface area contributed by atoms with Crippen LogP contribution in [-0.2, 0) is 12.8 Å². The molecule has 1 atom stereocenters. The van der Waals surface area contributed by atoms with Crippen LogP contribution >= 0.6 is 0 Å². The van der Waals surface area contributed by atoms with Gasteiger partial charge in [-0.1, -0.05) is 45.0 Å². The Bertz CT molecular complexity index is 287. The van der Waals surface area contributed by atoms with Crippen molar-refractivity contribution in [2.24, 2.45) is 5.92 Å². The summed E-state index contributed by atoms with van der Waals surface area (Å²) in [4.78, 5) is 0. The first-order chi connectivity index (χ1) is 7.61. The molecule has 0 heterocycles. The second-order valence-corrected chi connectivity index (χ2v) is 5.00. The van der Waals surface area contributed by atoms with Crippen LogP contribution in [0.2, 0.25) is 0 Å². The van der Waals surface area contributed by atoms with Gasteiger partial charge in [0.1, 0.15) is 0 Å². The summed E-state index contributed by atoms with van der Waals surface area (Å²) in [5, 5.41) is 9.88. The van der Waals surface area contributed by atoms with Crippen molar-refractivity contribution in [3.8, 4) is 0 Å². The fourth-order valence-corrected chi connectivity index (χ4v) is 1.81. The van der Waals surface area contributed by atoms with Gasteiger partial charge in [-0.15, -0.1) is 0 Å². The van der Waals surface area contributed by atoms with Crippen LogP contribution in [0.5, 0.6) is 0 Å².